The van der Waals surface area contributed by atoms with Gasteiger partial charge in [0.15, 0.2) is 22.5 Å². The second-order valence-corrected chi connectivity index (χ2v) is 6.84. The molecule has 1 aliphatic rings. The van der Waals surface area contributed by atoms with Gasteiger partial charge >= 0.3 is 6.29 Å². The number of ether oxygens (including phenoxy) is 2. The number of hydrogen-bond acceptors (Lipinski definition) is 6. The normalized spacial score (nSPS) is 14.1. The van der Waals surface area contributed by atoms with E-state index in [2.05, 4.69) is 25.0 Å². The highest BCUT2D eigenvalue weighted by atomic mass is 32.2. The van der Waals surface area contributed by atoms with E-state index in [-0.39, 0.29) is 23.2 Å². The third-order valence-electron chi connectivity index (χ3n) is 3.88. The summed E-state index contributed by atoms with van der Waals surface area (Å²) in [6.45, 7) is 0. The largest absolute Gasteiger partial charge is 0.586 e. The van der Waals surface area contributed by atoms with Crippen LogP contribution < -0.4 is 14.8 Å². The lowest BCUT2D eigenvalue weighted by Crippen LogP contribution is -2.25. The standard InChI is InChI=1S/C18H14F2N4O3S/c1-24-16(11-5-3-2-4-6-11)22-23-17(24)28-10-15(25)21-12-7-8-13-14(9-12)27-18(19,20)26-13/h2-9H,10H2,1H3,(H,21,25). The lowest BCUT2D eigenvalue weighted by Gasteiger charge is -2.06. The van der Waals surface area contributed by atoms with Gasteiger partial charge in [0.2, 0.25) is 5.91 Å². The molecule has 1 N–H and O–H groups in total. The minimum Gasteiger partial charge on any atom is -0.395 e. The Bertz CT molecular complexity index is 1030. The van der Waals surface area contributed by atoms with Gasteiger partial charge in [-0.3, -0.25) is 4.79 Å². The van der Waals surface area contributed by atoms with Gasteiger partial charge in [0.1, 0.15) is 0 Å². The summed E-state index contributed by atoms with van der Waals surface area (Å²) >= 11 is 1.22. The molecule has 4 rings (SSSR count). The van der Waals surface area contributed by atoms with Crippen LogP contribution in [-0.2, 0) is 11.8 Å². The average molecular weight is 404 g/mol. The van der Waals surface area contributed by atoms with Crippen molar-refractivity contribution in [2.24, 2.45) is 7.05 Å². The molecule has 0 fully saturated rings. The molecule has 1 aliphatic heterocycles. The summed E-state index contributed by atoms with van der Waals surface area (Å²) < 4.78 is 36.6. The maximum absolute atomic E-state index is 13.1. The highest BCUT2D eigenvalue weighted by molar-refractivity contribution is 7.99. The first-order valence-electron chi connectivity index (χ1n) is 8.19. The van der Waals surface area contributed by atoms with Crippen LogP contribution in [0.2, 0.25) is 0 Å². The number of fused-ring (bicyclic) bond motifs is 1. The number of alkyl halides is 2. The van der Waals surface area contributed by atoms with E-state index in [1.165, 1.54) is 30.0 Å². The zero-order valence-electron chi connectivity index (χ0n) is 14.6. The predicted octanol–water partition coefficient (Wildman–Crippen LogP) is 3.53. The number of amides is 1. The molecule has 0 aliphatic carbocycles. The van der Waals surface area contributed by atoms with Crippen LogP contribution in [0.25, 0.3) is 11.4 Å². The van der Waals surface area contributed by atoms with Crippen LogP contribution >= 0.6 is 11.8 Å². The number of carbonyl (C=O) groups is 1. The molecular formula is C18H14F2N4O3S. The summed E-state index contributed by atoms with van der Waals surface area (Å²) in [5, 5.41) is 11.5. The quantitative estimate of drug-likeness (QED) is 0.656. The van der Waals surface area contributed by atoms with E-state index in [1.807, 2.05) is 37.4 Å². The smallest absolute Gasteiger partial charge is 0.395 e. The van der Waals surface area contributed by atoms with Crippen LogP contribution in [0.1, 0.15) is 0 Å². The molecule has 0 radical (unpaired) electrons. The number of nitrogens with zero attached hydrogens (tertiary/aromatic N) is 3. The first-order chi connectivity index (χ1) is 13.4. The molecular weight excluding hydrogens is 390 g/mol. The summed E-state index contributed by atoms with van der Waals surface area (Å²) in [6, 6.07) is 13.6. The molecule has 10 heteroatoms. The number of aromatic nitrogens is 3. The Labute approximate surface area is 162 Å². The molecule has 28 heavy (non-hydrogen) atoms. The van der Waals surface area contributed by atoms with Gasteiger partial charge in [-0.2, -0.15) is 0 Å². The number of nitrogens with one attached hydrogen (secondary N) is 1. The number of carbonyl (C=O) groups excluding carboxylic acids is 1. The Kier molecular flexibility index (Phi) is 4.63. The second kappa shape index (κ2) is 7.12. The fraction of sp³-hybridized carbons (Fsp3) is 0.167. The van der Waals surface area contributed by atoms with Crippen molar-refractivity contribution in [1.29, 1.82) is 0 Å². The topological polar surface area (TPSA) is 78.3 Å². The molecule has 0 spiro atoms. The van der Waals surface area contributed by atoms with Gasteiger partial charge in [0.05, 0.1) is 5.75 Å². The van der Waals surface area contributed by atoms with Crippen molar-refractivity contribution in [3.63, 3.8) is 0 Å². The zero-order valence-corrected chi connectivity index (χ0v) is 15.4. The summed E-state index contributed by atoms with van der Waals surface area (Å²) in [5.74, 6) is 0.243. The van der Waals surface area contributed by atoms with Crippen molar-refractivity contribution < 1.29 is 23.0 Å². The number of anilines is 1. The number of rotatable bonds is 5. The van der Waals surface area contributed by atoms with Crippen LogP contribution in [-0.4, -0.2) is 32.7 Å². The fourth-order valence-electron chi connectivity index (χ4n) is 2.63. The molecule has 0 bridgehead atoms. The first kappa shape index (κ1) is 18.2. The van der Waals surface area contributed by atoms with Crippen LogP contribution in [0.3, 0.4) is 0 Å². The highest BCUT2D eigenvalue weighted by Crippen LogP contribution is 2.42. The Balaban J connectivity index is 1.38. The molecule has 2 aromatic carbocycles. The number of hydrogen-bond donors (Lipinski definition) is 1. The molecule has 0 saturated carbocycles. The summed E-state index contributed by atoms with van der Waals surface area (Å²) in [5.41, 5.74) is 1.25. The van der Waals surface area contributed by atoms with Gasteiger partial charge in [0, 0.05) is 24.4 Å². The maximum Gasteiger partial charge on any atom is 0.586 e. The molecule has 1 amide bonds. The van der Waals surface area contributed by atoms with Crippen LogP contribution in [0.15, 0.2) is 53.7 Å². The Morgan fingerprint density at radius 3 is 2.68 bits per heavy atom. The van der Waals surface area contributed by atoms with E-state index in [1.54, 1.807) is 4.57 Å². The predicted molar refractivity (Wildman–Crippen MR) is 98.4 cm³/mol. The average Bonchev–Trinajstić information content (AvgIpc) is 3.18. The molecule has 0 saturated heterocycles. The highest BCUT2D eigenvalue weighted by Gasteiger charge is 2.43. The van der Waals surface area contributed by atoms with Gasteiger partial charge in [-0.15, -0.1) is 19.0 Å². The Hall–Kier alpha value is -3.14. The van der Waals surface area contributed by atoms with E-state index < -0.39 is 6.29 Å². The molecule has 2 heterocycles. The Morgan fingerprint density at radius 2 is 1.89 bits per heavy atom. The van der Waals surface area contributed by atoms with Crippen molar-refractivity contribution in [3.8, 4) is 22.9 Å². The van der Waals surface area contributed by atoms with Gasteiger partial charge in [-0.1, -0.05) is 42.1 Å². The third-order valence-corrected chi connectivity index (χ3v) is 4.90. The summed E-state index contributed by atoms with van der Waals surface area (Å²) in [6.07, 6.45) is -3.69. The summed E-state index contributed by atoms with van der Waals surface area (Å²) in [4.78, 5) is 12.2. The van der Waals surface area contributed by atoms with Gasteiger partial charge in [-0.25, -0.2) is 0 Å². The molecule has 1 aromatic heterocycles. The zero-order chi connectivity index (χ0) is 19.7. The van der Waals surface area contributed by atoms with Gasteiger partial charge in [0.25, 0.3) is 0 Å². The van der Waals surface area contributed by atoms with Crippen LogP contribution in [0.5, 0.6) is 11.5 Å². The minimum absolute atomic E-state index is 0.0748. The lowest BCUT2D eigenvalue weighted by atomic mass is 10.2. The molecule has 0 unspecified atom stereocenters. The molecule has 0 atom stereocenters. The minimum atomic E-state index is -3.69. The Morgan fingerprint density at radius 1 is 1.14 bits per heavy atom. The SMILES string of the molecule is Cn1c(SCC(=O)Nc2ccc3c(c2)OC(F)(F)O3)nnc1-c1ccccc1. The maximum atomic E-state index is 13.1. The van der Waals surface area contributed by atoms with Gasteiger partial charge < -0.3 is 19.4 Å². The first-order valence-corrected chi connectivity index (χ1v) is 9.17. The number of benzene rings is 2. The van der Waals surface area contributed by atoms with E-state index in [0.29, 0.717) is 16.7 Å². The van der Waals surface area contributed by atoms with E-state index >= 15 is 0 Å². The van der Waals surface area contributed by atoms with E-state index in [0.717, 1.165) is 5.56 Å². The summed E-state index contributed by atoms with van der Waals surface area (Å²) in [7, 11) is 1.82. The van der Waals surface area contributed by atoms with E-state index in [9.17, 15) is 13.6 Å². The number of thioether (sulfide) groups is 1. The van der Waals surface area contributed by atoms with Crippen LogP contribution in [0, 0.1) is 0 Å². The van der Waals surface area contributed by atoms with Crippen molar-refractivity contribution in [2.45, 2.75) is 11.5 Å². The lowest BCUT2D eigenvalue weighted by molar-refractivity contribution is -0.286. The van der Waals surface area contributed by atoms with Gasteiger partial charge in [-0.05, 0) is 12.1 Å². The second-order valence-electron chi connectivity index (χ2n) is 5.90. The van der Waals surface area contributed by atoms with Crippen molar-refractivity contribution >= 4 is 23.4 Å². The van der Waals surface area contributed by atoms with E-state index in [4.69, 9.17) is 0 Å². The monoisotopic (exact) mass is 404 g/mol. The van der Waals surface area contributed by atoms with Crippen molar-refractivity contribution in [2.75, 3.05) is 11.1 Å². The third kappa shape index (κ3) is 3.77. The number of halogens is 2. The molecule has 3 aromatic rings. The van der Waals surface area contributed by atoms with Crippen molar-refractivity contribution in [1.82, 2.24) is 14.8 Å². The molecule has 144 valence electrons. The van der Waals surface area contributed by atoms with Crippen molar-refractivity contribution in [3.05, 3.63) is 48.5 Å². The van der Waals surface area contributed by atoms with Crippen LogP contribution in [0.4, 0.5) is 14.5 Å². The fourth-order valence-corrected chi connectivity index (χ4v) is 3.34. The molecule has 7 nitrogen and oxygen atoms in total.